The van der Waals surface area contributed by atoms with Gasteiger partial charge >= 0.3 is 0 Å². The lowest BCUT2D eigenvalue weighted by atomic mass is 10.1. The summed E-state index contributed by atoms with van der Waals surface area (Å²) in [5.41, 5.74) is 2.48. The molecule has 23 heavy (non-hydrogen) atoms. The van der Waals surface area contributed by atoms with Crippen molar-refractivity contribution in [3.63, 3.8) is 0 Å². The van der Waals surface area contributed by atoms with E-state index in [0.717, 1.165) is 16.8 Å². The van der Waals surface area contributed by atoms with Crippen LogP contribution in [-0.4, -0.2) is 41.8 Å². The van der Waals surface area contributed by atoms with Crippen LogP contribution in [-0.2, 0) is 16.0 Å². The molecule has 1 unspecified atom stereocenters. The number of nitrogens with zero attached hydrogens (tertiary/aromatic N) is 2. The Morgan fingerprint density at radius 3 is 3.04 bits per heavy atom. The fraction of sp³-hybridized carbons (Fsp3) is 0.438. The highest BCUT2D eigenvalue weighted by molar-refractivity contribution is 5.96. The summed E-state index contributed by atoms with van der Waals surface area (Å²) in [4.78, 5) is 16.6. The number of carbonyl (C=O) groups is 1. The van der Waals surface area contributed by atoms with Gasteiger partial charge in [-0.15, -0.1) is 0 Å². The molecule has 1 aliphatic heterocycles. The molecule has 2 N–H and O–H groups in total. The minimum absolute atomic E-state index is 0.107. The second-order valence-electron chi connectivity index (χ2n) is 5.47. The molecule has 1 fully saturated rings. The number of rotatable bonds is 4. The van der Waals surface area contributed by atoms with Crippen LogP contribution >= 0.6 is 0 Å². The molecule has 1 aromatic carbocycles. The van der Waals surface area contributed by atoms with E-state index >= 15 is 0 Å². The van der Waals surface area contributed by atoms with Crippen LogP contribution in [0.2, 0.25) is 0 Å². The zero-order valence-electron chi connectivity index (χ0n) is 13.3. The third kappa shape index (κ3) is 3.57. The van der Waals surface area contributed by atoms with Crippen LogP contribution in [0, 0.1) is 6.92 Å². The molecule has 7 heteroatoms. The highest BCUT2D eigenvalue weighted by atomic mass is 16.5. The number of benzene rings is 1. The molecule has 1 amide bonds. The predicted octanol–water partition coefficient (Wildman–Crippen LogP) is 1.53. The fourth-order valence-corrected chi connectivity index (χ4v) is 2.36. The number of morpholine rings is 1. The van der Waals surface area contributed by atoms with Crippen LogP contribution in [0.4, 0.5) is 5.69 Å². The molecule has 2 aromatic rings. The van der Waals surface area contributed by atoms with Crippen molar-refractivity contribution in [1.82, 2.24) is 15.5 Å². The average Bonchev–Trinajstić information content (AvgIpc) is 3.07. The van der Waals surface area contributed by atoms with Crippen molar-refractivity contribution in [3.05, 3.63) is 29.6 Å². The fourth-order valence-electron chi connectivity index (χ4n) is 2.36. The molecule has 0 aliphatic carbocycles. The van der Waals surface area contributed by atoms with Crippen LogP contribution in [0.15, 0.2) is 22.7 Å². The Labute approximate surface area is 134 Å². The van der Waals surface area contributed by atoms with E-state index in [2.05, 4.69) is 20.8 Å². The van der Waals surface area contributed by atoms with Crippen molar-refractivity contribution in [2.24, 2.45) is 0 Å². The molecule has 122 valence electrons. The molecule has 1 aliphatic rings. The third-order valence-corrected chi connectivity index (χ3v) is 3.76. The molecular formula is C16H20N4O3. The summed E-state index contributed by atoms with van der Waals surface area (Å²) in [6.45, 7) is 5.60. The van der Waals surface area contributed by atoms with E-state index in [9.17, 15) is 4.79 Å². The summed E-state index contributed by atoms with van der Waals surface area (Å²) in [6, 6.07) is 5.34. The van der Waals surface area contributed by atoms with Gasteiger partial charge in [-0.2, -0.15) is 4.98 Å². The molecule has 1 saturated heterocycles. The molecule has 2 heterocycles. The van der Waals surface area contributed by atoms with E-state index in [-0.39, 0.29) is 11.9 Å². The van der Waals surface area contributed by atoms with Gasteiger partial charge < -0.3 is 19.9 Å². The van der Waals surface area contributed by atoms with Gasteiger partial charge in [0.2, 0.25) is 5.91 Å². The number of hydrogen-bond donors (Lipinski definition) is 2. The lowest BCUT2D eigenvalue weighted by Crippen LogP contribution is -2.48. The molecule has 0 spiro atoms. The highest BCUT2D eigenvalue weighted by Gasteiger charge is 2.22. The van der Waals surface area contributed by atoms with Crippen molar-refractivity contribution in [3.8, 4) is 11.5 Å². The number of hydrogen-bond acceptors (Lipinski definition) is 6. The van der Waals surface area contributed by atoms with E-state index in [1.165, 1.54) is 0 Å². The van der Waals surface area contributed by atoms with Gasteiger partial charge in [-0.25, -0.2) is 0 Å². The summed E-state index contributed by atoms with van der Waals surface area (Å²) >= 11 is 0. The molecule has 1 aromatic heterocycles. The molecular weight excluding hydrogens is 296 g/mol. The van der Waals surface area contributed by atoms with E-state index in [1.54, 1.807) is 0 Å². The number of nitrogens with one attached hydrogen (secondary N) is 2. The largest absolute Gasteiger partial charge is 0.378 e. The zero-order chi connectivity index (χ0) is 16.2. The molecule has 0 radical (unpaired) electrons. The van der Waals surface area contributed by atoms with Gasteiger partial charge in [-0.05, 0) is 24.6 Å². The Morgan fingerprint density at radius 1 is 1.48 bits per heavy atom. The first kappa shape index (κ1) is 15.6. The van der Waals surface area contributed by atoms with Crippen molar-refractivity contribution in [2.45, 2.75) is 26.3 Å². The number of amides is 1. The molecule has 0 bridgehead atoms. The van der Waals surface area contributed by atoms with Crippen molar-refractivity contribution >= 4 is 11.6 Å². The van der Waals surface area contributed by atoms with Gasteiger partial charge in [0, 0.05) is 24.2 Å². The van der Waals surface area contributed by atoms with Crippen molar-refractivity contribution in [1.29, 1.82) is 0 Å². The number of ether oxygens (including phenoxy) is 1. The summed E-state index contributed by atoms with van der Waals surface area (Å²) in [6.07, 6.45) is 0.715. The first-order valence-corrected chi connectivity index (χ1v) is 7.73. The van der Waals surface area contributed by atoms with Crippen LogP contribution < -0.4 is 10.6 Å². The lowest BCUT2D eigenvalue weighted by Gasteiger charge is -2.23. The SMILES string of the molecule is CCc1noc(-c2ccc(C)c(NC(=O)C3COCCN3)c2)n1. The van der Waals surface area contributed by atoms with Crippen LogP contribution in [0.25, 0.3) is 11.5 Å². The molecule has 0 saturated carbocycles. The number of aromatic nitrogens is 2. The van der Waals surface area contributed by atoms with Gasteiger partial charge in [0.15, 0.2) is 5.82 Å². The van der Waals surface area contributed by atoms with Crippen molar-refractivity contribution in [2.75, 3.05) is 25.1 Å². The Morgan fingerprint density at radius 2 is 2.35 bits per heavy atom. The minimum atomic E-state index is -0.332. The summed E-state index contributed by atoms with van der Waals surface area (Å²) in [7, 11) is 0. The van der Waals surface area contributed by atoms with Crippen molar-refractivity contribution < 1.29 is 14.1 Å². The van der Waals surface area contributed by atoms with Crippen LogP contribution in [0.3, 0.4) is 0 Å². The number of aryl methyl sites for hydroxylation is 2. The molecule has 3 rings (SSSR count). The van der Waals surface area contributed by atoms with Gasteiger partial charge in [0.05, 0.1) is 13.2 Å². The van der Waals surface area contributed by atoms with Gasteiger partial charge in [0.1, 0.15) is 6.04 Å². The van der Waals surface area contributed by atoms with Crippen LogP contribution in [0.5, 0.6) is 0 Å². The van der Waals surface area contributed by atoms with E-state index in [0.29, 0.717) is 37.9 Å². The first-order chi connectivity index (χ1) is 11.2. The quantitative estimate of drug-likeness (QED) is 0.889. The summed E-state index contributed by atoms with van der Waals surface area (Å²) in [5, 5.41) is 9.98. The van der Waals surface area contributed by atoms with E-state index in [1.807, 2.05) is 32.0 Å². The maximum absolute atomic E-state index is 12.3. The standard InChI is InChI=1S/C16H20N4O3/c1-3-14-19-16(23-20-14)11-5-4-10(2)12(8-11)18-15(21)13-9-22-7-6-17-13/h4-5,8,13,17H,3,6-7,9H2,1-2H3,(H,18,21). The second-order valence-corrected chi connectivity index (χ2v) is 5.47. The third-order valence-electron chi connectivity index (χ3n) is 3.76. The first-order valence-electron chi connectivity index (χ1n) is 7.73. The summed E-state index contributed by atoms with van der Waals surface area (Å²) < 4.78 is 10.6. The monoisotopic (exact) mass is 316 g/mol. The molecule has 7 nitrogen and oxygen atoms in total. The highest BCUT2D eigenvalue weighted by Crippen LogP contribution is 2.24. The second kappa shape index (κ2) is 6.89. The Bertz CT molecular complexity index is 692. The van der Waals surface area contributed by atoms with Gasteiger partial charge in [-0.1, -0.05) is 18.1 Å². The number of anilines is 1. The van der Waals surface area contributed by atoms with E-state index < -0.39 is 0 Å². The van der Waals surface area contributed by atoms with Gasteiger partial charge in [-0.3, -0.25) is 4.79 Å². The number of carbonyl (C=O) groups excluding carboxylic acids is 1. The Kier molecular flexibility index (Phi) is 4.68. The van der Waals surface area contributed by atoms with Crippen LogP contribution in [0.1, 0.15) is 18.3 Å². The summed E-state index contributed by atoms with van der Waals surface area (Å²) in [5.74, 6) is 1.01. The Balaban J connectivity index is 1.78. The average molecular weight is 316 g/mol. The normalized spacial score (nSPS) is 17.9. The zero-order valence-corrected chi connectivity index (χ0v) is 13.3. The molecule has 1 atom stereocenters. The predicted molar refractivity (Wildman–Crippen MR) is 85.1 cm³/mol. The lowest BCUT2D eigenvalue weighted by molar-refractivity contribution is -0.120. The maximum Gasteiger partial charge on any atom is 0.257 e. The van der Waals surface area contributed by atoms with Gasteiger partial charge in [0.25, 0.3) is 5.89 Å². The van der Waals surface area contributed by atoms with E-state index in [4.69, 9.17) is 9.26 Å². The Hall–Kier alpha value is -2.25. The minimum Gasteiger partial charge on any atom is -0.378 e. The topological polar surface area (TPSA) is 89.3 Å². The smallest absolute Gasteiger partial charge is 0.257 e. The maximum atomic E-state index is 12.3.